The van der Waals surface area contributed by atoms with E-state index in [4.69, 9.17) is 11.6 Å². The lowest BCUT2D eigenvalue weighted by molar-refractivity contribution is -0.121. The van der Waals surface area contributed by atoms with E-state index in [9.17, 15) is 18.0 Å². The van der Waals surface area contributed by atoms with Gasteiger partial charge in [0, 0.05) is 19.4 Å². The first-order valence-electron chi connectivity index (χ1n) is 6.61. The molecule has 5 nitrogen and oxygen atoms in total. The van der Waals surface area contributed by atoms with Gasteiger partial charge in [0.1, 0.15) is 0 Å². The lowest BCUT2D eigenvalue weighted by Gasteiger charge is -2.09. The van der Waals surface area contributed by atoms with Crippen LogP contribution in [0, 0.1) is 5.92 Å². The van der Waals surface area contributed by atoms with E-state index in [2.05, 4.69) is 5.32 Å². The fraction of sp³-hybridized carbons (Fsp3) is 0.538. The Balaban J connectivity index is 1.69. The molecule has 0 bridgehead atoms. The molecule has 21 heavy (non-hydrogen) atoms. The Bertz CT molecular complexity index is 638. The summed E-state index contributed by atoms with van der Waals surface area (Å²) in [5, 5.41) is 2.70. The predicted molar refractivity (Wildman–Crippen MR) is 82.7 cm³/mol. The maximum Gasteiger partial charge on any atom is 0.220 e. The van der Waals surface area contributed by atoms with Crippen LogP contribution in [0.5, 0.6) is 0 Å². The van der Waals surface area contributed by atoms with Gasteiger partial charge in [0.05, 0.1) is 20.7 Å². The largest absolute Gasteiger partial charge is 0.356 e. The molecule has 1 aliphatic heterocycles. The molecule has 0 saturated carbocycles. The fourth-order valence-electron chi connectivity index (χ4n) is 2.19. The van der Waals surface area contributed by atoms with Crippen LogP contribution in [0.3, 0.4) is 0 Å². The van der Waals surface area contributed by atoms with Gasteiger partial charge in [-0.15, -0.1) is 11.3 Å². The van der Waals surface area contributed by atoms with Crippen LogP contribution in [-0.4, -0.2) is 38.2 Å². The van der Waals surface area contributed by atoms with E-state index in [1.165, 1.54) is 11.3 Å². The van der Waals surface area contributed by atoms with Gasteiger partial charge in [-0.2, -0.15) is 0 Å². The standard InChI is InChI=1S/C13H16ClNO4S2/c14-12-3-2-11(20-12)10(16)1-4-13(17)15-7-9-5-6-21(18,19)8-9/h2-3,9H,1,4-8H2,(H,15,17). The molecule has 2 heterocycles. The van der Waals surface area contributed by atoms with Gasteiger partial charge in [-0.05, 0) is 24.5 Å². The quantitative estimate of drug-likeness (QED) is 0.795. The van der Waals surface area contributed by atoms with E-state index in [0.29, 0.717) is 22.2 Å². The molecule has 116 valence electrons. The summed E-state index contributed by atoms with van der Waals surface area (Å²) in [6.07, 6.45) is 0.828. The van der Waals surface area contributed by atoms with E-state index >= 15 is 0 Å². The van der Waals surface area contributed by atoms with Gasteiger partial charge in [-0.25, -0.2) is 8.42 Å². The van der Waals surface area contributed by atoms with Crippen molar-refractivity contribution in [3.05, 3.63) is 21.3 Å². The summed E-state index contributed by atoms with van der Waals surface area (Å²) in [7, 11) is -2.92. The third-order valence-corrected chi connectivity index (χ3v) is 6.45. The first kappa shape index (κ1) is 16.5. The molecule has 1 aromatic rings. The number of Topliss-reactive ketones (excluding diaryl/α,β-unsaturated/α-hetero) is 1. The molecule has 1 aromatic heterocycles. The van der Waals surface area contributed by atoms with Gasteiger partial charge in [-0.3, -0.25) is 9.59 Å². The van der Waals surface area contributed by atoms with Crippen LogP contribution in [0.25, 0.3) is 0 Å². The average Bonchev–Trinajstić information content (AvgIpc) is 2.99. The highest BCUT2D eigenvalue weighted by Gasteiger charge is 2.27. The van der Waals surface area contributed by atoms with Crippen molar-refractivity contribution in [3.63, 3.8) is 0 Å². The third kappa shape index (κ3) is 5.09. The van der Waals surface area contributed by atoms with Crippen LogP contribution in [-0.2, 0) is 14.6 Å². The highest BCUT2D eigenvalue weighted by Crippen LogP contribution is 2.23. The van der Waals surface area contributed by atoms with Crippen LogP contribution in [0.15, 0.2) is 12.1 Å². The number of rotatable bonds is 6. The van der Waals surface area contributed by atoms with E-state index in [1.54, 1.807) is 12.1 Å². The smallest absolute Gasteiger partial charge is 0.220 e. The minimum atomic E-state index is -2.92. The second-order valence-corrected chi connectivity index (χ2v) is 9.04. The first-order chi connectivity index (χ1) is 9.85. The van der Waals surface area contributed by atoms with Crippen molar-refractivity contribution in [2.24, 2.45) is 5.92 Å². The Kier molecular flexibility index (Phi) is 5.40. The highest BCUT2D eigenvalue weighted by atomic mass is 35.5. The van der Waals surface area contributed by atoms with Crippen LogP contribution in [0.4, 0.5) is 0 Å². The zero-order valence-corrected chi connectivity index (χ0v) is 13.7. The van der Waals surface area contributed by atoms with Crippen molar-refractivity contribution in [2.75, 3.05) is 18.1 Å². The van der Waals surface area contributed by atoms with Crippen LogP contribution in [0.1, 0.15) is 28.9 Å². The van der Waals surface area contributed by atoms with Crippen molar-refractivity contribution in [1.29, 1.82) is 0 Å². The molecule has 8 heteroatoms. The number of hydrogen-bond donors (Lipinski definition) is 1. The molecule has 1 N–H and O–H groups in total. The first-order valence-corrected chi connectivity index (χ1v) is 9.63. The summed E-state index contributed by atoms with van der Waals surface area (Å²) < 4.78 is 23.1. The van der Waals surface area contributed by atoms with Crippen molar-refractivity contribution >= 4 is 44.5 Å². The summed E-state index contributed by atoms with van der Waals surface area (Å²) in [6.45, 7) is 0.358. The molecule has 2 rings (SSSR count). The average molecular weight is 350 g/mol. The molecule has 0 spiro atoms. The van der Waals surface area contributed by atoms with Crippen molar-refractivity contribution in [2.45, 2.75) is 19.3 Å². The van der Waals surface area contributed by atoms with E-state index < -0.39 is 9.84 Å². The summed E-state index contributed by atoms with van der Waals surface area (Å²) in [4.78, 5) is 24.0. The Hall–Kier alpha value is -0.920. The van der Waals surface area contributed by atoms with Crippen LogP contribution in [0.2, 0.25) is 4.34 Å². The van der Waals surface area contributed by atoms with Crippen LogP contribution < -0.4 is 5.32 Å². The van der Waals surface area contributed by atoms with Gasteiger partial charge in [0.2, 0.25) is 5.91 Å². The molecule has 1 atom stereocenters. The minimum absolute atomic E-state index is 0.00856. The molecule has 1 aliphatic rings. The number of sulfone groups is 1. The molecular weight excluding hydrogens is 334 g/mol. The molecule has 0 radical (unpaired) electrons. The van der Waals surface area contributed by atoms with Crippen molar-refractivity contribution in [3.8, 4) is 0 Å². The zero-order valence-electron chi connectivity index (χ0n) is 11.3. The molecule has 0 aromatic carbocycles. The molecule has 1 amide bonds. The molecule has 1 fully saturated rings. The van der Waals surface area contributed by atoms with Gasteiger partial charge in [-0.1, -0.05) is 11.6 Å². The lowest BCUT2D eigenvalue weighted by Crippen LogP contribution is -2.30. The number of hydrogen-bond acceptors (Lipinski definition) is 5. The second-order valence-electron chi connectivity index (χ2n) is 5.10. The predicted octanol–water partition coefficient (Wildman–Crippen LogP) is 1.92. The number of carbonyl (C=O) groups excluding carboxylic acids is 2. The number of ketones is 1. The maximum atomic E-state index is 11.8. The van der Waals surface area contributed by atoms with Gasteiger partial charge < -0.3 is 5.32 Å². The molecule has 0 aliphatic carbocycles. The van der Waals surface area contributed by atoms with Crippen molar-refractivity contribution < 1.29 is 18.0 Å². The molecule has 1 unspecified atom stereocenters. The highest BCUT2D eigenvalue weighted by molar-refractivity contribution is 7.91. The molecule has 1 saturated heterocycles. The number of nitrogens with one attached hydrogen (secondary N) is 1. The fourth-order valence-corrected chi connectivity index (χ4v) is 5.07. The zero-order chi connectivity index (χ0) is 15.5. The van der Waals surface area contributed by atoms with E-state index in [0.717, 1.165) is 0 Å². The third-order valence-electron chi connectivity index (χ3n) is 3.34. The Morgan fingerprint density at radius 2 is 2.10 bits per heavy atom. The topological polar surface area (TPSA) is 80.3 Å². The van der Waals surface area contributed by atoms with Gasteiger partial charge in [0.15, 0.2) is 15.6 Å². The van der Waals surface area contributed by atoms with Crippen LogP contribution >= 0.6 is 22.9 Å². The second kappa shape index (κ2) is 6.89. The molecular formula is C13H16ClNO4S2. The summed E-state index contributed by atoms with van der Waals surface area (Å²) >= 11 is 6.95. The normalized spacial score (nSPS) is 20.3. The number of carbonyl (C=O) groups is 2. The Labute approximate surface area is 132 Å². The minimum Gasteiger partial charge on any atom is -0.356 e. The maximum absolute atomic E-state index is 11.8. The summed E-state index contributed by atoms with van der Waals surface area (Å²) in [6, 6.07) is 3.30. The Morgan fingerprint density at radius 3 is 2.67 bits per heavy atom. The summed E-state index contributed by atoms with van der Waals surface area (Å²) in [5.74, 6) is -0.00280. The SMILES string of the molecule is O=C(CCC(=O)c1ccc(Cl)s1)NCC1CCS(=O)(=O)C1. The Morgan fingerprint density at radius 1 is 1.33 bits per heavy atom. The van der Waals surface area contributed by atoms with E-state index in [1.807, 2.05) is 0 Å². The lowest BCUT2D eigenvalue weighted by atomic mass is 10.1. The van der Waals surface area contributed by atoms with Crippen molar-refractivity contribution in [1.82, 2.24) is 5.32 Å². The number of amides is 1. The van der Waals surface area contributed by atoms with Gasteiger partial charge >= 0.3 is 0 Å². The number of thiophene rings is 1. The summed E-state index contributed by atoms with van der Waals surface area (Å²) in [5.41, 5.74) is 0. The monoisotopic (exact) mass is 349 g/mol. The van der Waals surface area contributed by atoms with Gasteiger partial charge in [0.25, 0.3) is 0 Å². The van der Waals surface area contributed by atoms with E-state index in [-0.39, 0.29) is 42.0 Å². The number of halogens is 1.